The van der Waals surface area contributed by atoms with Crippen molar-refractivity contribution in [3.05, 3.63) is 57.6 Å². The van der Waals surface area contributed by atoms with Crippen LogP contribution >= 0.6 is 0 Å². The number of carbonyl (C=O) groups is 2. The molecule has 0 aliphatic rings. The number of carboxylic acids is 2. The molecule has 0 spiro atoms. The first kappa shape index (κ1) is 70.0. The fraction of sp³-hybridized carbons (Fsp3) is 0.797. The van der Waals surface area contributed by atoms with E-state index in [2.05, 4.69) is 96.9 Å². The van der Waals surface area contributed by atoms with E-state index in [0.29, 0.717) is 24.3 Å². The molecule has 2 atom stereocenters. The van der Waals surface area contributed by atoms with Crippen LogP contribution in [0.1, 0.15) is 355 Å². The lowest BCUT2D eigenvalue weighted by Crippen LogP contribution is -2.20. The van der Waals surface area contributed by atoms with Gasteiger partial charge in [0.1, 0.15) is 11.5 Å². The summed E-state index contributed by atoms with van der Waals surface area (Å²) < 4.78 is 0. The zero-order valence-electron chi connectivity index (χ0n) is 51.8. The lowest BCUT2D eigenvalue weighted by Gasteiger charge is -2.29. The molecular weight excluding hydrogens is 925 g/mol. The summed E-state index contributed by atoms with van der Waals surface area (Å²) in [5, 5.41) is 41.9. The van der Waals surface area contributed by atoms with Gasteiger partial charge in [0.25, 0.3) is 0 Å². The summed E-state index contributed by atoms with van der Waals surface area (Å²) in [5.41, 5.74) is 4.45. The largest absolute Gasteiger partial charge is 0.507 e. The lowest BCUT2D eigenvalue weighted by atomic mass is 9.76. The summed E-state index contributed by atoms with van der Waals surface area (Å²) in [6, 6.07) is 7.95. The van der Waals surface area contributed by atoms with Crippen LogP contribution in [0, 0.1) is 5.92 Å². The third-order valence-corrected chi connectivity index (χ3v) is 15.8. The molecule has 0 amide bonds. The topological polar surface area (TPSA) is 115 Å². The van der Waals surface area contributed by atoms with Crippen molar-refractivity contribution in [2.24, 2.45) is 5.92 Å². The molecule has 0 aliphatic heterocycles. The van der Waals surface area contributed by atoms with E-state index >= 15 is 0 Å². The maximum Gasteiger partial charge on any atom is 0.310 e. The first-order chi connectivity index (χ1) is 35.3. The summed E-state index contributed by atoms with van der Waals surface area (Å²) in [4.78, 5) is 24.3. The molecule has 0 radical (unpaired) electrons. The van der Waals surface area contributed by atoms with E-state index < -0.39 is 17.9 Å². The first-order valence-electron chi connectivity index (χ1n) is 31.5. The van der Waals surface area contributed by atoms with Crippen LogP contribution in [0.3, 0.4) is 0 Å². The second kappa shape index (κ2) is 37.7. The molecule has 6 nitrogen and oxygen atoms in total. The van der Waals surface area contributed by atoms with Crippen LogP contribution in [-0.2, 0) is 37.7 Å². The summed E-state index contributed by atoms with van der Waals surface area (Å²) in [7, 11) is 0. The lowest BCUT2D eigenvalue weighted by molar-refractivity contribution is -0.142. The van der Waals surface area contributed by atoms with E-state index in [1.807, 2.05) is 24.3 Å². The van der Waals surface area contributed by atoms with Gasteiger partial charge in [0.2, 0.25) is 0 Å². The molecule has 6 heteroatoms. The molecule has 0 bridgehead atoms. The summed E-state index contributed by atoms with van der Waals surface area (Å²) in [6.45, 7) is 29.6. The molecule has 75 heavy (non-hydrogen) atoms. The molecule has 0 aliphatic carbocycles. The fourth-order valence-corrected chi connectivity index (χ4v) is 10.8. The minimum atomic E-state index is -0.758. The third kappa shape index (κ3) is 30.6. The molecule has 434 valence electrons. The molecule has 0 saturated heterocycles. The van der Waals surface area contributed by atoms with E-state index in [9.17, 15) is 30.0 Å². The highest BCUT2D eigenvalue weighted by atomic mass is 16.4. The highest BCUT2D eigenvalue weighted by molar-refractivity contribution is 5.76. The van der Waals surface area contributed by atoms with Gasteiger partial charge in [-0.25, -0.2) is 0 Å². The van der Waals surface area contributed by atoms with Crippen LogP contribution in [-0.4, -0.2) is 32.4 Å². The van der Waals surface area contributed by atoms with E-state index in [1.165, 1.54) is 180 Å². The minimum absolute atomic E-state index is 0.202. The Morgan fingerprint density at radius 3 is 0.840 bits per heavy atom. The number of rotatable bonds is 39. The number of aliphatic carboxylic acids is 2. The van der Waals surface area contributed by atoms with E-state index in [0.717, 1.165) is 65.5 Å². The average molecular weight is 1050 g/mol. The van der Waals surface area contributed by atoms with Crippen LogP contribution in [0.25, 0.3) is 0 Å². The molecule has 4 N–H and O–H groups in total. The van der Waals surface area contributed by atoms with Gasteiger partial charge < -0.3 is 20.4 Å². The van der Waals surface area contributed by atoms with Crippen molar-refractivity contribution < 1.29 is 30.0 Å². The van der Waals surface area contributed by atoms with Crippen LogP contribution in [0.5, 0.6) is 11.5 Å². The zero-order chi connectivity index (χ0) is 56.5. The zero-order valence-corrected chi connectivity index (χ0v) is 51.8. The number of hydrogen-bond acceptors (Lipinski definition) is 4. The first-order valence-corrected chi connectivity index (χ1v) is 31.5. The van der Waals surface area contributed by atoms with Crippen LogP contribution in [0.4, 0.5) is 0 Å². The van der Waals surface area contributed by atoms with E-state index in [-0.39, 0.29) is 27.6 Å². The number of unbranched alkanes of at least 4 members (excludes halogenated alkanes) is 30. The van der Waals surface area contributed by atoms with Gasteiger partial charge in [-0.1, -0.05) is 327 Å². The summed E-state index contributed by atoms with van der Waals surface area (Å²) in [5.74, 6) is -1.67. The monoisotopic (exact) mass is 1050 g/mol. The summed E-state index contributed by atoms with van der Waals surface area (Å²) in [6.07, 6.45) is 44.3. The Hall–Kier alpha value is -3.02. The number of phenolic OH excluding ortho intramolecular Hbond substituents is 2. The number of hydrogen-bond donors (Lipinski definition) is 4. The van der Waals surface area contributed by atoms with Gasteiger partial charge >= 0.3 is 11.9 Å². The molecule has 0 heterocycles. The number of aromatic hydroxyl groups is 2. The molecule has 0 fully saturated rings. The number of carboxylic acid groups (broad SMARTS) is 2. The second-order valence-corrected chi connectivity index (χ2v) is 27.3. The Morgan fingerprint density at radius 1 is 0.360 bits per heavy atom. The quantitative estimate of drug-likeness (QED) is 0.0496. The Kier molecular flexibility index (Phi) is 35.2. The van der Waals surface area contributed by atoms with Crippen molar-refractivity contribution in [1.29, 1.82) is 0 Å². The maximum absolute atomic E-state index is 12.2. The van der Waals surface area contributed by atoms with Gasteiger partial charge in [-0.3, -0.25) is 9.59 Å². The predicted molar refractivity (Wildman–Crippen MR) is 325 cm³/mol. The van der Waals surface area contributed by atoms with Gasteiger partial charge in [-0.15, -0.1) is 0 Å². The van der Waals surface area contributed by atoms with Crippen LogP contribution in [0.15, 0.2) is 24.3 Å². The molecule has 0 aromatic heterocycles. The second-order valence-electron chi connectivity index (χ2n) is 27.3. The maximum atomic E-state index is 12.2. The van der Waals surface area contributed by atoms with Gasteiger partial charge in [-0.2, -0.15) is 0 Å². The Labute approximate surface area is 464 Å². The van der Waals surface area contributed by atoms with Crippen molar-refractivity contribution in [3.8, 4) is 11.5 Å². The van der Waals surface area contributed by atoms with Gasteiger partial charge in [0.15, 0.2) is 0 Å². The Balaban J connectivity index is 0.000000750. The van der Waals surface area contributed by atoms with E-state index in [1.54, 1.807) is 0 Å². The highest BCUT2D eigenvalue weighted by Gasteiger charge is 2.31. The normalized spacial score (nSPS) is 13.1. The van der Waals surface area contributed by atoms with Crippen molar-refractivity contribution >= 4 is 11.9 Å². The third-order valence-electron chi connectivity index (χ3n) is 15.8. The molecular formula is C69H122O6. The minimum Gasteiger partial charge on any atom is -0.507 e. The molecule has 2 rings (SSSR count). The van der Waals surface area contributed by atoms with Crippen molar-refractivity contribution in [3.63, 3.8) is 0 Å². The molecule has 2 unspecified atom stereocenters. The SMILES string of the molecule is CCCCCCCCCCCCCCCCCCC(C(=O)O)c1cc(C(C)(C)C)c(O)c(C(C)(C)C)c1.CCCCCCCCCCCCCCCCCCC(Cc1cc(C(C)(C)C)c(O)c(C(C)(C)C)c1)C(=O)O. The Bertz CT molecular complexity index is 1740. The van der Waals surface area contributed by atoms with E-state index in [4.69, 9.17) is 0 Å². The summed E-state index contributed by atoms with van der Waals surface area (Å²) >= 11 is 0. The average Bonchev–Trinajstić information content (AvgIpc) is 3.31. The number of phenols is 2. The predicted octanol–water partition coefficient (Wildman–Crippen LogP) is 21.7. The highest BCUT2D eigenvalue weighted by Crippen LogP contribution is 2.43. The van der Waals surface area contributed by atoms with Crippen LogP contribution in [0.2, 0.25) is 0 Å². The Morgan fingerprint density at radius 2 is 0.600 bits per heavy atom. The molecule has 0 saturated carbocycles. The van der Waals surface area contributed by atoms with Crippen LogP contribution < -0.4 is 0 Å². The van der Waals surface area contributed by atoms with Crippen molar-refractivity contribution in [2.75, 3.05) is 0 Å². The standard InChI is InChI=1S/C35H62O3.C34H60O3/c1-8-9-10-11-12-13-14-15-16-17-18-19-20-21-22-23-24-29(33(37)38)25-28-26-30(34(2,3)4)32(36)31(27-28)35(5,6)7;1-8-9-10-11-12-13-14-15-16-17-18-19-20-21-22-23-24-28(32(36)37)27-25-29(33(2,3)4)31(35)30(26-27)34(5,6)7/h26-27,29,36H,8-25H2,1-7H3,(H,37,38);25-26,28,35H,8-24H2,1-7H3,(H,36,37). The van der Waals surface area contributed by atoms with Gasteiger partial charge in [0.05, 0.1) is 11.8 Å². The smallest absolute Gasteiger partial charge is 0.310 e. The molecule has 2 aromatic rings. The molecule has 2 aromatic carbocycles. The van der Waals surface area contributed by atoms with Crippen molar-refractivity contribution in [2.45, 2.75) is 349 Å². The number of benzene rings is 2. The van der Waals surface area contributed by atoms with Gasteiger partial charge in [0, 0.05) is 0 Å². The van der Waals surface area contributed by atoms with Gasteiger partial charge in [-0.05, 0) is 74.3 Å². The van der Waals surface area contributed by atoms with Crippen molar-refractivity contribution in [1.82, 2.24) is 0 Å². The fourth-order valence-electron chi connectivity index (χ4n) is 10.8.